The Hall–Kier alpha value is -3.06. The van der Waals surface area contributed by atoms with Gasteiger partial charge in [-0.05, 0) is 30.2 Å². The molecule has 12 heteroatoms. The van der Waals surface area contributed by atoms with Crippen molar-refractivity contribution in [1.29, 1.82) is 0 Å². The van der Waals surface area contributed by atoms with Crippen LogP contribution < -0.4 is 0 Å². The fourth-order valence-corrected chi connectivity index (χ4v) is 6.70. The van der Waals surface area contributed by atoms with Crippen LogP contribution in [0.25, 0.3) is 11.4 Å². The number of carbonyl (C=O) groups excluding carboxylic acids is 2. The molecule has 0 spiro atoms. The maximum atomic E-state index is 13.2. The average Bonchev–Trinajstić information content (AvgIpc) is 3.41. The van der Waals surface area contributed by atoms with Crippen molar-refractivity contribution in [1.82, 2.24) is 24.0 Å². The Kier molecular flexibility index (Phi) is 7.17. The third kappa shape index (κ3) is 4.93. The van der Waals surface area contributed by atoms with Crippen LogP contribution in [0, 0.1) is 5.92 Å². The van der Waals surface area contributed by atoms with Crippen molar-refractivity contribution in [3.05, 3.63) is 59.7 Å². The Morgan fingerprint density at radius 1 is 0.973 bits per heavy atom. The second-order valence-corrected chi connectivity index (χ2v) is 12.1. The first-order chi connectivity index (χ1) is 17.8. The van der Waals surface area contributed by atoms with Gasteiger partial charge in [-0.1, -0.05) is 49.9 Å². The summed E-state index contributed by atoms with van der Waals surface area (Å²) in [4.78, 5) is 26.9. The predicted molar refractivity (Wildman–Crippen MR) is 138 cm³/mol. The van der Waals surface area contributed by atoms with E-state index >= 15 is 0 Å². The lowest BCUT2D eigenvalue weighted by atomic mass is 10.1. The zero-order chi connectivity index (χ0) is 26.2. The van der Waals surface area contributed by atoms with E-state index in [-0.39, 0.29) is 28.5 Å². The molecule has 2 aliphatic heterocycles. The van der Waals surface area contributed by atoms with Gasteiger partial charge < -0.3 is 9.30 Å². The van der Waals surface area contributed by atoms with E-state index in [9.17, 15) is 18.0 Å². The molecule has 1 aromatic heterocycles. The average molecular weight is 542 g/mol. The molecule has 37 heavy (non-hydrogen) atoms. The number of hydrogen-bond donors (Lipinski definition) is 0. The number of aromatic nitrogens is 3. The van der Waals surface area contributed by atoms with Gasteiger partial charge in [0.15, 0.2) is 11.0 Å². The number of imide groups is 1. The highest BCUT2D eigenvalue weighted by Gasteiger charge is 2.35. The molecule has 2 amide bonds. The summed E-state index contributed by atoms with van der Waals surface area (Å²) in [5.74, 6) is 0.202. The maximum Gasteiger partial charge on any atom is 0.262 e. The standard InChI is InChI=1S/C25H27N5O5S2/c1-17(2)15-29-22(18-6-5-7-19(14-18)37(33,34)28-10-12-35-13-11-28)26-27-25(29)36-16-30-23(31)20-8-3-4-9-21(20)24(30)32/h3-9,14,17H,10-13,15-16H2,1-2H3. The number of carbonyl (C=O) groups is 2. The van der Waals surface area contributed by atoms with Crippen LogP contribution in [0.15, 0.2) is 58.6 Å². The molecule has 194 valence electrons. The molecule has 2 aliphatic rings. The highest BCUT2D eigenvalue weighted by Crippen LogP contribution is 2.30. The lowest BCUT2D eigenvalue weighted by Gasteiger charge is -2.26. The minimum Gasteiger partial charge on any atom is -0.379 e. The van der Waals surface area contributed by atoms with Crippen LogP contribution >= 0.6 is 11.8 Å². The molecule has 2 aromatic carbocycles. The predicted octanol–water partition coefficient (Wildman–Crippen LogP) is 2.97. The molecular formula is C25H27N5O5S2. The number of ether oxygens (including phenoxy) is 1. The summed E-state index contributed by atoms with van der Waals surface area (Å²) >= 11 is 1.25. The van der Waals surface area contributed by atoms with E-state index in [1.54, 1.807) is 48.5 Å². The zero-order valence-corrected chi connectivity index (χ0v) is 22.2. The van der Waals surface area contributed by atoms with Gasteiger partial charge in [-0.3, -0.25) is 14.5 Å². The van der Waals surface area contributed by atoms with Crippen LogP contribution in [0.4, 0.5) is 0 Å². The number of nitrogens with zero attached hydrogens (tertiary/aromatic N) is 5. The number of sulfonamides is 1. The summed E-state index contributed by atoms with van der Waals surface area (Å²) in [5.41, 5.74) is 1.42. The van der Waals surface area contributed by atoms with Crippen molar-refractivity contribution >= 4 is 33.6 Å². The van der Waals surface area contributed by atoms with Gasteiger partial charge in [-0.25, -0.2) is 8.42 Å². The molecule has 1 saturated heterocycles. The first kappa shape index (κ1) is 25.6. The molecule has 1 fully saturated rings. The van der Waals surface area contributed by atoms with Crippen molar-refractivity contribution in [2.45, 2.75) is 30.4 Å². The minimum absolute atomic E-state index is 0.0913. The topological polar surface area (TPSA) is 115 Å². The summed E-state index contributed by atoms with van der Waals surface area (Å²) in [6.45, 7) is 6.06. The van der Waals surface area contributed by atoms with Crippen LogP contribution in [0.1, 0.15) is 34.6 Å². The van der Waals surface area contributed by atoms with Crippen LogP contribution in [-0.2, 0) is 21.3 Å². The summed E-state index contributed by atoms with van der Waals surface area (Å²) in [6, 6.07) is 13.5. The third-order valence-electron chi connectivity index (χ3n) is 6.17. The molecule has 0 radical (unpaired) electrons. The van der Waals surface area contributed by atoms with E-state index in [0.29, 0.717) is 60.5 Å². The van der Waals surface area contributed by atoms with Gasteiger partial charge in [-0.15, -0.1) is 10.2 Å². The maximum absolute atomic E-state index is 13.2. The van der Waals surface area contributed by atoms with Crippen LogP contribution in [0.2, 0.25) is 0 Å². The fourth-order valence-electron chi connectivity index (χ4n) is 4.35. The minimum atomic E-state index is -3.67. The second kappa shape index (κ2) is 10.4. The number of fused-ring (bicyclic) bond motifs is 1. The molecule has 0 aliphatic carbocycles. The molecule has 3 heterocycles. The van der Waals surface area contributed by atoms with Crippen molar-refractivity contribution in [2.24, 2.45) is 5.92 Å². The number of benzene rings is 2. The van der Waals surface area contributed by atoms with E-state index in [1.807, 2.05) is 4.57 Å². The monoisotopic (exact) mass is 541 g/mol. The van der Waals surface area contributed by atoms with E-state index in [1.165, 1.54) is 21.0 Å². The Bertz CT molecular complexity index is 1410. The van der Waals surface area contributed by atoms with E-state index in [0.717, 1.165) is 0 Å². The molecule has 0 atom stereocenters. The number of rotatable bonds is 8. The number of thioether (sulfide) groups is 1. The summed E-state index contributed by atoms with van der Waals surface area (Å²) in [7, 11) is -3.67. The van der Waals surface area contributed by atoms with Gasteiger partial charge >= 0.3 is 0 Å². The first-order valence-corrected chi connectivity index (χ1v) is 14.4. The largest absolute Gasteiger partial charge is 0.379 e. The first-order valence-electron chi connectivity index (χ1n) is 12.0. The van der Waals surface area contributed by atoms with Gasteiger partial charge in [0, 0.05) is 25.2 Å². The zero-order valence-electron chi connectivity index (χ0n) is 20.5. The molecular weight excluding hydrogens is 514 g/mol. The smallest absolute Gasteiger partial charge is 0.262 e. The highest BCUT2D eigenvalue weighted by atomic mass is 32.2. The highest BCUT2D eigenvalue weighted by molar-refractivity contribution is 7.99. The van der Waals surface area contributed by atoms with E-state index in [4.69, 9.17) is 4.74 Å². The third-order valence-corrected chi connectivity index (χ3v) is 9.01. The van der Waals surface area contributed by atoms with Crippen LogP contribution in [0.5, 0.6) is 0 Å². The SMILES string of the molecule is CC(C)Cn1c(SCN2C(=O)c3ccccc3C2=O)nnc1-c1cccc(S(=O)(=O)N2CCOCC2)c1. The molecule has 3 aromatic rings. The van der Waals surface area contributed by atoms with Crippen LogP contribution in [-0.4, -0.2) is 76.4 Å². The van der Waals surface area contributed by atoms with Gasteiger partial charge in [0.2, 0.25) is 10.0 Å². The summed E-state index contributed by atoms with van der Waals surface area (Å²) in [5, 5.41) is 9.25. The van der Waals surface area contributed by atoms with E-state index < -0.39 is 10.0 Å². The van der Waals surface area contributed by atoms with Crippen molar-refractivity contribution < 1.29 is 22.7 Å². The van der Waals surface area contributed by atoms with Gasteiger partial charge in [-0.2, -0.15) is 4.31 Å². The molecule has 0 saturated carbocycles. The molecule has 5 rings (SSSR count). The number of hydrogen-bond acceptors (Lipinski definition) is 8. The molecule has 0 bridgehead atoms. The van der Waals surface area contributed by atoms with Gasteiger partial charge in [0.05, 0.1) is 35.1 Å². The van der Waals surface area contributed by atoms with Crippen molar-refractivity contribution in [3.63, 3.8) is 0 Å². The summed E-state index contributed by atoms with van der Waals surface area (Å²) in [6.07, 6.45) is 0. The van der Waals surface area contributed by atoms with E-state index in [2.05, 4.69) is 24.0 Å². The Morgan fingerprint density at radius 3 is 2.30 bits per heavy atom. The lowest BCUT2D eigenvalue weighted by molar-refractivity contribution is 0.0684. The lowest BCUT2D eigenvalue weighted by Crippen LogP contribution is -2.40. The Morgan fingerprint density at radius 2 is 1.65 bits per heavy atom. The van der Waals surface area contributed by atoms with Crippen LogP contribution in [0.3, 0.4) is 0 Å². The van der Waals surface area contributed by atoms with Gasteiger partial charge in [0.25, 0.3) is 11.8 Å². The summed E-state index contributed by atoms with van der Waals surface area (Å²) < 4.78 is 35.0. The molecule has 0 unspecified atom stereocenters. The normalized spacial score (nSPS) is 16.6. The molecule has 0 N–H and O–H groups in total. The Balaban J connectivity index is 1.42. The molecule has 10 nitrogen and oxygen atoms in total. The number of morpholine rings is 1. The quantitative estimate of drug-likeness (QED) is 0.316. The fraction of sp³-hybridized carbons (Fsp3) is 0.360. The second-order valence-electron chi connectivity index (χ2n) is 9.21. The Labute approximate surface area is 219 Å². The van der Waals surface area contributed by atoms with Gasteiger partial charge in [0.1, 0.15) is 0 Å². The van der Waals surface area contributed by atoms with Crippen molar-refractivity contribution in [2.75, 3.05) is 32.2 Å². The van der Waals surface area contributed by atoms with Crippen molar-refractivity contribution in [3.8, 4) is 11.4 Å². The number of amides is 2.